The Morgan fingerprint density at radius 3 is 1.44 bits per heavy atom. The van der Waals surface area contributed by atoms with Gasteiger partial charge in [0.15, 0.2) is 11.6 Å². The minimum Gasteiger partial charge on any atom is -0.508 e. The number of phenols is 2. The van der Waals surface area contributed by atoms with Crippen molar-refractivity contribution in [1.29, 1.82) is 0 Å². The molecule has 2 rings (SSSR count). The summed E-state index contributed by atoms with van der Waals surface area (Å²) < 4.78 is 0. The lowest BCUT2D eigenvalue weighted by atomic mass is 10.1. The molecule has 5 heteroatoms. The minimum atomic E-state index is 0.0170. The molecule has 0 saturated carbocycles. The van der Waals surface area contributed by atoms with Gasteiger partial charge in [0, 0.05) is 37.1 Å². The van der Waals surface area contributed by atoms with E-state index in [-0.39, 0.29) is 23.1 Å². The van der Waals surface area contributed by atoms with E-state index in [1.807, 2.05) is 6.92 Å². The molecule has 0 bridgehead atoms. The summed E-state index contributed by atoms with van der Waals surface area (Å²) in [5.74, 6) is 0.311. The lowest BCUT2D eigenvalue weighted by Gasteiger charge is -2.19. The SMILES string of the molecule is CCN(CCC(=O)c1ccc(O)cc1)CCC(=O)c1ccc(O)cc1. The lowest BCUT2D eigenvalue weighted by molar-refractivity contribution is 0.0949. The van der Waals surface area contributed by atoms with Gasteiger partial charge in [-0.15, -0.1) is 0 Å². The number of ketones is 2. The quantitative estimate of drug-likeness (QED) is 0.685. The van der Waals surface area contributed by atoms with Crippen molar-refractivity contribution in [1.82, 2.24) is 4.90 Å². The molecule has 0 spiro atoms. The van der Waals surface area contributed by atoms with Crippen LogP contribution in [-0.4, -0.2) is 46.3 Å². The molecule has 0 heterocycles. The summed E-state index contributed by atoms with van der Waals surface area (Å²) in [6.45, 7) is 3.92. The van der Waals surface area contributed by atoms with Gasteiger partial charge in [-0.3, -0.25) is 9.59 Å². The van der Waals surface area contributed by atoms with E-state index in [2.05, 4.69) is 4.90 Å². The van der Waals surface area contributed by atoms with Gasteiger partial charge in [-0.05, 0) is 55.1 Å². The zero-order chi connectivity index (χ0) is 18.2. The molecule has 0 radical (unpaired) electrons. The molecule has 0 aliphatic heterocycles. The number of benzene rings is 2. The fourth-order valence-corrected chi connectivity index (χ4v) is 2.53. The van der Waals surface area contributed by atoms with Crippen LogP contribution in [0, 0.1) is 0 Å². The van der Waals surface area contributed by atoms with E-state index >= 15 is 0 Å². The molecule has 0 fully saturated rings. The summed E-state index contributed by atoms with van der Waals surface area (Å²) in [4.78, 5) is 26.4. The Hall–Kier alpha value is -2.66. The van der Waals surface area contributed by atoms with Crippen molar-refractivity contribution in [2.75, 3.05) is 19.6 Å². The Balaban J connectivity index is 1.81. The maximum atomic E-state index is 12.2. The standard InChI is InChI=1S/C20H23NO4/c1-2-21(13-11-19(24)15-3-7-17(22)8-4-15)14-12-20(25)16-5-9-18(23)10-6-16/h3-10,22-23H,2,11-14H2,1H3. The Labute approximate surface area is 147 Å². The number of carbonyl (C=O) groups excluding carboxylic acids is 2. The molecule has 0 unspecified atom stereocenters. The van der Waals surface area contributed by atoms with E-state index in [0.717, 1.165) is 6.54 Å². The zero-order valence-corrected chi connectivity index (χ0v) is 14.3. The first-order chi connectivity index (χ1) is 12.0. The number of Topliss-reactive ketones (excluding diaryl/α,β-unsaturated/α-hetero) is 2. The summed E-state index contributed by atoms with van der Waals surface area (Å²) in [5.41, 5.74) is 1.16. The Bertz CT molecular complexity index is 646. The monoisotopic (exact) mass is 341 g/mol. The van der Waals surface area contributed by atoms with Gasteiger partial charge in [0.25, 0.3) is 0 Å². The number of nitrogens with zero attached hydrogens (tertiary/aromatic N) is 1. The number of phenolic OH excluding ortho intramolecular Hbond substituents is 2. The Morgan fingerprint density at radius 2 is 1.12 bits per heavy atom. The van der Waals surface area contributed by atoms with Crippen molar-refractivity contribution < 1.29 is 19.8 Å². The van der Waals surface area contributed by atoms with Crippen molar-refractivity contribution in [2.24, 2.45) is 0 Å². The second kappa shape index (κ2) is 8.99. The fraction of sp³-hybridized carbons (Fsp3) is 0.300. The summed E-state index contributed by atoms with van der Waals surface area (Å²) in [7, 11) is 0. The number of aromatic hydroxyl groups is 2. The predicted molar refractivity (Wildman–Crippen MR) is 96.2 cm³/mol. The normalized spacial score (nSPS) is 10.8. The highest BCUT2D eigenvalue weighted by Crippen LogP contribution is 2.13. The van der Waals surface area contributed by atoms with Gasteiger partial charge in [0.2, 0.25) is 0 Å². The lowest BCUT2D eigenvalue weighted by Crippen LogP contribution is -2.28. The van der Waals surface area contributed by atoms with Gasteiger partial charge in [0.1, 0.15) is 11.5 Å². The van der Waals surface area contributed by atoms with Crippen LogP contribution in [0.15, 0.2) is 48.5 Å². The second-order valence-corrected chi connectivity index (χ2v) is 5.87. The number of rotatable bonds is 9. The summed E-state index contributed by atoms with van der Waals surface area (Å²) in [5, 5.41) is 18.5. The number of hydrogen-bond donors (Lipinski definition) is 2. The van der Waals surface area contributed by atoms with Crippen molar-refractivity contribution >= 4 is 11.6 Å². The Kier molecular flexibility index (Phi) is 6.71. The average Bonchev–Trinajstić information content (AvgIpc) is 2.62. The van der Waals surface area contributed by atoms with E-state index in [0.29, 0.717) is 37.1 Å². The van der Waals surface area contributed by atoms with E-state index in [1.165, 1.54) is 24.3 Å². The first kappa shape index (κ1) is 18.7. The summed E-state index contributed by atoms with van der Waals surface area (Å²) >= 11 is 0. The molecule has 132 valence electrons. The van der Waals surface area contributed by atoms with Crippen LogP contribution in [0.25, 0.3) is 0 Å². The van der Waals surface area contributed by atoms with Crippen molar-refractivity contribution in [3.63, 3.8) is 0 Å². The molecule has 0 aliphatic carbocycles. The first-order valence-electron chi connectivity index (χ1n) is 8.36. The summed E-state index contributed by atoms with van der Waals surface area (Å²) in [6.07, 6.45) is 0.734. The third kappa shape index (κ3) is 5.72. The largest absolute Gasteiger partial charge is 0.508 e. The predicted octanol–water partition coefficient (Wildman–Crippen LogP) is 3.27. The molecule has 2 aromatic rings. The molecule has 2 N–H and O–H groups in total. The third-order valence-corrected chi connectivity index (χ3v) is 4.14. The molecular weight excluding hydrogens is 318 g/mol. The van der Waals surface area contributed by atoms with Gasteiger partial charge in [-0.1, -0.05) is 6.92 Å². The van der Waals surface area contributed by atoms with E-state index in [1.54, 1.807) is 24.3 Å². The highest BCUT2D eigenvalue weighted by atomic mass is 16.3. The topological polar surface area (TPSA) is 77.8 Å². The molecular formula is C20H23NO4. The van der Waals surface area contributed by atoms with Crippen molar-refractivity contribution in [3.8, 4) is 11.5 Å². The van der Waals surface area contributed by atoms with Gasteiger partial charge >= 0.3 is 0 Å². The van der Waals surface area contributed by atoms with Gasteiger partial charge < -0.3 is 15.1 Å². The summed E-state index contributed by atoms with van der Waals surface area (Å²) in [6, 6.07) is 12.5. The van der Waals surface area contributed by atoms with E-state index in [4.69, 9.17) is 0 Å². The van der Waals surface area contributed by atoms with Crippen LogP contribution in [0.3, 0.4) is 0 Å². The van der Waals surface area contributed by atoms with Crippen LogP contribution in [0.5, 0.6) is 11.5 Å². The van der Waals surface area contributed by atoms with Gasteiger partial charge in [-0.25, -0.2) is 0 Å². The molecule has 0 amide bonds. The Morgan fingerprint density at radius 1 is 0.760 bits per heavy atom. The maximum Gasteiger partial charge on any atom is 0.164 e. The molecule has 25 heavy (non-hydrogen) atoms. The number of hydrogen-bond acceptors (Lipinski definition) is 5. The number of carbonyl (C=O) groups is 2. The minimum absolute atomic E-state index is 0.0170. The zero-order valence-electron chi connectivity index (χ0n) is 14.3. The van der Waals surface area contributed by atoms with Gasteiger partial charge in [-0.2, -0.15) is 0 Å². The van der Waals surface area contributed by atoms with Crippen molar-refractivity contribution in [2.45, 2.75) is 19.8 Å². The van der Waals surface area contributed by atoms with Crippen molar-refractivity contribution in [3.05, 3.63) is 59.7 Å². The van der Waals surface area contributed by atoms with Crippen LogP contribution in [0.4, 0.5) is 0 Å². The van der Waals surface area contributed by atoms with Crippen LogP contribution >= 0.6 is 0 Å². The molecule has 0 aliphatic rings. The average molecular weight is 341 g/mol. The van der Waals surface area contributed by atoms with Gasteiger partial charge in [0.05, 0.1) is 0 Å². The van der Waals surface area contributed by atoms with Crippen LogP contribution in [0.1, 0.15) is 40.5 Å². The first-order valence-corrected chi connectivity index (χ1v) is 8.36. The molecule has 5 nitrogen and oxygen atoms in total. The molecule has 0 atom stereocenters. The second-order valence-electron chi connectivity index (χ2n) is 5.87. The third-order valence-electron chi connectivity index (χ3n) is 4.14. The maximum absolute atomic E-state index is 12.2. The highest BCUT2D eigenvalue weighted by Gasteiger charge is 2.12. The molecule has 0 saturated heterocycles. The van der Waals surface area contributed by atoms with E-state index < -0.39 is 0 Å². The van der Waals surface area contributed by atoms with Crippen LogP contribution in [0.2, 0.25) is 0 Å². The molecule has 2 aromatic carbocycles. The highest BCUT2D eigenvalue weighted by molar-refractivity contribution is 5.96. The molecule has 0 aromatic heterocycles. The van der Waals surface area contributed by atoms with Crippen LogP contribution < -0.4 is 0 Å². The van der Waals surface area contributed by atoms with Crippen LogP contribution in [-0.2, 0) is 0 Å². The fourth-order valence-electron chi connectivity index (χ4n) is 2.53. The van der Waals surface area contributed by atoms with E-state index in [9.17, 15) is 19.8 Å². The smallest absolute Gasteiger partial charge is 0.164 e.